The molecule has 1 atom stereocenters. The molecular weight excluding hydrogens is 246 g/mol. The highest BCUT2D eigenvalue weighted by molar-refractivity contribution is 5.84. The molecule has 0 aliphatic rings. The topological polar surface area (TPSA) is 78.5 Å². The summed E-state index contributed by atoms with van der Waals surface area (Å²) >= 11 is 0. The molecule has 1 aromatic carbocycles. The van der Waals surface area contributed by atoms with E-state index in [1.54, 1.807) is 24.3 Å². The minimum Gasteiger partial charge on any atom is -0.549 e. The summed E-state index contributed by atoms with van der Waals surface area (Å²) in [5, 5.41) is 13.5. The number of ether oxygens (including phenoxy) is 1. The van der Waals surface area contributed by atoms with Crippen LogP contribution >= 0.6 is 0 Å². The summed E-state index contributed by atoms with van der Waals surface area (Å²) < 4.78 is 5.47. The third kappa shape index (κ3) is 4.62. The maximum Gasteiger partial charge on any atom is 0.220 e. The Hall–Kier alpha value is -2.04. The van der Waals surface area contributed by atoms with Crippen molar-refractivity contribution in [1.29, 1.82) is 0 Å². The molecule has 1 N–H and O–H groups in total. The summed E-state index contributed by atoms with van der Waals surface area (Å²) in [4.78, 5) is 22.4. The smallest absolute Gasteiger partial charge is 0.220 e. The van der Waals surface area contributed by atoms with Gasteiger partial charge in [-0.2, -0.15) is 0 Å². The van der Waals surface area contributed by atoms with Crippen LogP contribution in [0.1, 0.15) is 31.7 Å². The van der Waals surface area contributed by atoms with Crippen molar-refractivity contribution in [3.63, 3.8) is 0 Å². The van der Waals surface area contributed by atoms with E-state index in [4.69, 9.17) is 4.74 Å². The zero-order valence-electron chi connectivity index (χ0n) is 11.3. The van der Waals surface area contributed by atoms with Gasteiger partial charge in [0.05, 0.1) is 6.10 Å². The summed E-state index contributed by atoms with van der Waals surface area (Å²) in [5.41, 5.74) is 0.528. The molecular formula is C14H18NO4-. The first kappa shape index (κ1) is 15.0. The first-order valence-corrected chi connectivity index (χ1v) is 6.12. The Bertz CT molecular complexity index is 439. The number of carbonyl (C=O) groups excluding carboxylic acids is 2. The van der Waals surface area contributed by atoms with Gasteiger partial charge in [-0.05, 0) is 31.5 Å². The van der Waals surface area contributed by atoms with Gasteiger partial charge >= 0.3 is 0 Å². The molecule has 0 heterocycles. The Morgan fingerprint density at radius 2 is 1.84 bits per heavy atom. The Morgan fingerprint density at radius 3 is 2.26 bits per heavy atom. The van der Waals surface area contributed by atoms with Crippen molar-refractivity contribution >= 4 is 11.9 Å². The minimum absolute atomic E-state index is 0.0497. The number of nitrogens with one attached hydrogen (secondary N) is 1. The highest BCUT2D eigenvalue weighted by atomic mass is 16.5. The lowest BCUT2D eigenvalue weighted by atomic mass is 9.95. The maximum atomic E-state index is 11.3. The summed E-state index contributed by atoms with van der Waals surface area (Å²) in [5.74, 6) is -1.89. The van der Waals surface area contributed by atoms with Crippen LogP contribution < -0.4 is 15.2 Å². The second-order valence-corrected chi connectivity index (χ2v) is 4.48. The molecule has 0 fully saturated rings. The lowest BCUT2D eigenvalue weighted by Crippen LogP contribution is -2.33. The number of benzene rings is 1. The number of amides is 1. The third-order valence-electron chi connectivity index (χ3n) is 2.61. The van der Waals surface area contributed by atoms with E-state index in [1.807, 2.05) is 13.8 Å². The average Bonchev–Trinajstić information content (AvgIpc) is 2.35. The van der Waals surface area contributed by atoms with E-state index in [0.29, 0.717) is 11.3 Å². The fraction of sp³-hybridized carbons (Fsp3) is 0.429. The van der Waals surface area contributed by atoms with Gasteiger partial charge < -0.3 is 20.0 Å². The van der Waals surface area contributed by atoms with Gasteiger partial charge in [0.2, 0.25) is 5.91 Å². The third-order valence-corrected chi connectivity index (χ3v) is 2.61. The zero-order chi connectivity index (χ0) is 14.4. The minimum atomic E-state index is -1.26. The molecule has 1 rings (SSSR count). The van der Waals surface area contributed by atoms with E-state index >= 15 is 0 Å². The van der Waals surface area contributed by atoms with E-state index in [2.05, 4.69) is 5.32 Å². The standard InChI is InChI=1S/C14H19NO4/c1-9(2)19-11-6-4-10(5-7-11)12(14(17)18)8-13(16)15-3/h4-7,9,12H,8H2,1-3H3,(H,15,16)(H,17,18)/p-1/t12-/m0/s1. The van der Waals surface area contributed by atoms with Crippen molar-refractivity contribution in [2.24, 2.45) is 0 Å². The number of carboxylic acid groups (broad SMARTS) is 1. The predicted molar refractivity (Wildman–Crippen MR) is 68.6 cm³/mol. The second-order valence-electron chi connectivity index (χ2n) is 4.48. The average molecular weight is 264 g/mol. The number of carboxylic acids is 1. The molecule has 0 saturated heterocycles. The van der Waals surface area contributed by atoms with Gasteiger partial charge in [-0.1, -0.05) is 12.1 Å². The first-order chi connectivity index (χ1) is 8.93. The van der Waals surface area contributed by atoms with Crippen LogP contribution in [0.15, 0.2) is 24.3 Å². The molecule has 0 bridgehead atoms. The highest BCUT2D eigenvalue weighted by Gasteiger charge is 2.16. The Balaban J connectivity index is 2.85. The SMILES string of the molecule is CNC(=O)C[C@H](C(=O)[O-])c1ccc(OC(C)C)cc1. The van der Waals surface area contributed by atoms with Gasteiger partial charge in [-0.15, -0.1) is 0 Å². The van der Waals surface area contributed by atoms with Crippen molar-refractivity contribution < 1.29 is 19.4 Å². The molecule has 0 aliphatic carbocycles. The molecule has 0 radical (unpaired) electrons. The predicted octanol–water partition coefficient (Wildman–Crippen LogP) is 0.443. The summed E-state index contributed by atoms with van der Waals surface area (Å²) in [6.45, 7) is 3.81. The maximum absolute atomic E-state index is 11.3. The van der Waals surface area contributed by atoms with Gasteiger partial charge in [0, 0.05) is 25.4 Å². The van der Waals surface area contributed by atoms with E-state index in [-0.39, 0.29) is 18.4 Å². The molecule has 104 valence electrons. The van der Waals surface area contributed by atoms with E-state index in [1.165, 1.54) is 7.05 Å². The van der Waals surface area contributed by atoms with Gasteiger partial charge in [-0.25, -0.2) is 0 Å². The zero-order valence-corrected chi connectivity index (χ0v) is 11.3. The van der Waals surface area contributed by atoms with Crippen LogP contribution in [-0.2, 0) is 9.59 Å². The Kier molecular flexibility index (Phi) is 5.36. The molecule has 19 heavy (non-hydrogen) atoms. The fourth-order valence-electron chi connectivity index (χ4n) is 1.68. The van der Waals surface area contributed by atoms with Crippen LogP contribution in [0.5, 0.6) is 5.75 Å². The lowest BCUT2D eigenvalue weighted by molar-refractivity contribution is -0.308. The lowest BCUT2D eigenvalue weighted by Gasteiger charge is -2.18. The molecule has 0 aliphatic heterocycles. The van der Waals surface area contributed by atoms with Crippen LogP contribution in [0.3, 0.4) is 0 Å². The van der Waals surface area contributed by atoms with Crippen molar-refractivity contribution in [2.45, 2.75) is 32.3 Å². The van der Waals surface area contributed by atoms with Gasteiger partial charge in [0.25, 0.3) is 0 Å². The highest BCUT2D eigenvalue weighted by Crippen LogP contribution is 2.22. The first-order valence-electron chi connectivity index (χ1n) is 6.12. The van der Waals surface area contributed by atoms with E-state index in [0.717, 1.165) is 0 Å². The van der Waals surface area contributed by atoms with Crippen LogP contribution in [0, 0.1) is 0 Å². The summed E-state index contributed by atoms with van der Waals surface area (Å²) in [6.07, 6.45) is -0.0860. The number of aliphatic carboxylic acids is 1. The van der Waals surface area contributed by atoms with Crippen molar-refractivity contribution in [2.75, 3.05) is 7.05 Å². The van der Waals surface area contributed by atoms with Crippen LogP contribution in [0.2, 0.25) is 0 Å². The van der Waals surface area contributed by atoms with Gasteiger partial charge in [-0.3, -0.25) is 4.79 Å². The molecule has 1 amide bonds. The molecule has 0 spiro atoms. The molecule has 5 nitrogen and oxygen atoms in total. The summed E-state index contributed by atoms with van der Waals surface area (Å²) in [6, 6.07) is 6.66. The van der Waals surface area contributed by atoms with Crippen LogP contribution in [-0.4, -0.2) is 25.0 Å². The number of carbonyl (C=O) groups is 2. The summed E-state index contributed by atoms with van der Waals surface area (Å²) in [7, 11) is 1.47. The largest absolute Gasteiger partial charge is 0.549 e. The molecule has 0 saturated carbocycles. The van der Waals surface area contributed by atoms with E-state index < -0.39 is 11.9 Å². The van der Waals surface area contributed by atoms with Crippen molar-refractivity contribution in [3.8, 4) is 5.75 Å². The molecule has 0 unspecified atom stereocenters. The van der Waals surface area contributed by atoms with E-state index in [9.17, 15) is 14.7 Å². The monoisotopic (exact) mass is 264 g/mol. The molecule has 1 aromatic rings. The number of hydrogen-bond donors (Lipinski definition) is 1. The fourth-order valence-corrected chi connectivity index (χ4v) is 1.68. The van der Waals surface area contributed by atoms with Gasteiger partial charge in [0.15, 0.2) is 0 Å². The molecule has 5 heteroatoms. The van der Waals surface area contributed by atoms with Crippen LogP contribution in [0.25, 0.3) is 0 Å². The molecule has 0 aromatic heterocycles. The Labute approximate surface area is 112 Å². The number of rotatable bonds is 6. The number of hydrogen-bond acceptors (Lipinski definition) is 4. The van der Waals surface area contributed by atoms with Crippen molar-refractivity contribution in [3.05, 3.63) is 29.8 Å². The Morgan fingerprint density at radius 1 is 1.26 bits per heavy atom. The second kappa shape index (κ2) is 6.78. The van der Waals surface area contributed by atoms with Gasteiger partial charge in [0.1, 0.15) is 5.75 Å². The van der Waals surface area contributed by atoms with Crippen molar-refractivity contribution in [1.82, 2.24) is 5.32 Å². The normalized spacial score (nSPS) is 12.0. The quantitative estimate of drug-likeness (QED) is 0.808. The van der Waals surface area contributed by atoms with Crippen LogP contribution in [0.4, 0.5) is 0 Å².